The summed E-state index contributed by atoms with van der Waals surface area (Å²) >= 11 is 1.62. The van der Waals surface area contributed by atoms with Crippen LogP contribution in [0.1, 0.15) is 11.1 Å². The van der Waals surface area contributed by atoms with E-state index in [0.29, 0.717) is 6.54 Å². The zero-order valence-corrected chi connectivity index (χ0v) is 10.2. The second-order valence-corrected chi connectivity index (χ2v) is 4.64. The third kappa shape index (κ3) is 2.25. The van der Waals surface area contributed by atoms with Gasteiger partial charge in [-0.25, -0.2) is 0 Å². The van der Waals surface area contributed by atoms with Crippen LogP contribution in [0.25, 0.3) is 0 Å². The minimum atomic E-state index is 0.579. The maximum Gasteiger partial charge on any atom is 0.195 e. The molecule has 5 heteroatoms. The van der Waals surface area contributed by atoms with Gasteiger partial charge in [0.2, 0.25) is 0 Å². The van der Waals surface area contributed by atoms with Gasteiger partial charge in [-0.15, -0.1) is 10.2 Å². The molecule has 0 saturated heterocycles. The van der Waals surface area contributed by atoms with Gasteiger partial charge in [-0.1, -0.05) is 12.1 Å². The summed E-state index contributed by atoms with van der Waals surface area (Å²) in [7, 11) is 1.94. The van der Waals surface area contributed by atoms with Crippen LogP contribution in [0.3, 0.4) is 0 Å². The number of aromatic nitrogens is 3. The largest absolute Gasteiger partial charge is 0.326 e. The molecule has 0 saturated carbocycles. The molecule has 0 aliphatic carbocycles. The van der Waals surface area contributed by atoms with E-state index in [-0.39, 0.29) is 0 Å². The van der Waals surface area contributed by atoms with Crippen molar-refractivity contribution in [2.45, 2.75) is 23.5 Å². The first-order chi connectivity index (χ1) is 7.70. The van der Waals surface area contributed by atoms with Crippen molar-refractivity contribution in [2.75, 3.05) is 0 Å². The van der Waals surface area contributed by atoms with Crippen LogP contribution in [-0.2, 0) is 13.6 Å². The van der Waals surface area contributed by atoms with E-state index in [4.69, 9.17) is 5.73 Å². The highest BCUT2D eigenvalue weighted by molar-refractivity contribution is 7.99. The highest BCUT2D eigenvalue weighted by atomic mass is 32.2. The van der Waals surface area contributed by atoms with Gasteiger partial charge in [0.05, 0.1) is 0 Å². The van der Waals surface area contributed by atoms with Gasteiger partial charge in [0.15, 0.2) is 5.16 Å². The number of hydrogen-bond donors (Lipinski definition) is 1. The second kappa shape index (κ2) is 4.67. The quantitative estimate of drug-likeness (QED) is 0.878. The fraction of sp³-hybridized carbons (Fsp3) is 0.273. The minimum Gasteiger partial charge on any atom is -0.326 e. The Bertz CT molecular complexity index is 492. The van der Waals surface area contributed by atoms with Crippen molar-refractivity contribution in [1.29, 1.82) is 0 Å². The SMILES string of the molecule is Cc1cc(CN)ccc1Sc1nncn1C. The fourth-order valence-corrected chi connectivity index (χ4v) is 2.25. The van der Waals surface area contributed by atoms with Crippen LogP contribution in [0.5, 0.6) is 0 Å². The van der Waals surface area contributed by atoms with Crippen LogP contribution in [0.4, 0.5) is 0 Å². The summed E-state index contributed by atoms with van der Waals surface area (Å²) < 4.78 is 1.90. The summed E-state index contributed by atoms with van der Waals surface area (Å²) in [5, 5.41) is 8.79. The number of benzene rings is 1. The fourth-order valence-electron chi connectivity index (χ4n) is 1.42. The van der Waals surface area contributed by atoms with Gasteiger partial charge in [0.1, 0.15) is 6.33 Å². The number of rotatable bonds is 3. The Hall–Kier alpha value is -1.33. The van der Waals surface area contributed by atoms with Gasteiger partial charge >= 0.3 is 0 Å². The van der Waals surface area contributed by atoms with E-state index in [1.807, 2.05) is 17.7 Å². The third-order valence-corrected chi connectivity index (χ3v) is 3.58. The van der Waals surface area contributed by atoms with Crippen LogP contribution in [0, 0.1) is 6.92 Å². The number of nitrogens with zero attached hydrogens (tertiary/aromatic N) is 3. The van der Waals surface area contributed by atoms with Crippen molar-refractivity contribution >= 4 is 11.8 Å². The summed E-state index contributed by atoms with van der Waals surface area (Å²) in [5.41, 5.74) is 7.97. The van der Waals surface area contributed by atoms with E-state index in [1.165, 1.54) is 10.5 Å². The Balaban J connectivity index is 2.25. The molecule has 0 radical (unpaired) electrons. The molecular weight excluding hydrogens is 220 g/mol. The maximum atomic E-state index is 5.60. The molecule has 0 atom stereocenters. The molecule has 0 fully saturated rings. The van der Waals surface area contributed by atoms with E-state index < -0.39 is 0 Å². The molecule has 0 unspecified atom stereocenters. The Labute approximate surface area is 98.9 Å². The van der Waals surface area contributed by atoms with Gasteiger partial charge in [0.25, 0.3) is 0 Å². The lowest BCUT2D eigenvalue weighted by Crippen LogP contribution is -1.97. The van der Waals surface area contributed by atoms with Crippen LogP contribution in [0.15, 0.2) is 34.6 Å². The van der Waals surface area contributed by atoms with Crippen LogP contribution in [0.2, 0.25) is 0 Å². The molecule has 2 N–H and O–H groups in total. The average molecular weight is 234 g/mol. The first kappa shape index (κ1) is 11.2. The van der Waals surface area contributed by atoms with Gasteiger partial charge in [-0.2, -0.15) is 0 Å². The highest BCUT2D eigenvalue weighted by Crippen LogP contribution is 2.28. The monoisotopic (exact) mass is 234 g/mol. The average Bonchev–Trinajstić information content (AvgIpc) is 2.67. The first-order valence-corrected chi connectivity index (χ1v) is 5.84. The van der Waals surface area contributed by atoms with E-state index in [2.05, 4.69) is 29.3 Å². The lowest BCUT2D eigenvalue weighted by atomic mass is 10.1. The van der Waals surface area contributed by atoms with E-state index in [0.717, 1.165) is 10.7 Å². The molecule has 16 heavy (non-hydrogen) atoms. The smallest absolute Gasteiger partial charge is 0.195 e. The molecule has 1 aromatic heterocycles. The summed E-state index contributed by atoms with van der Waals surface area (Å²) in [6.07, 6.45) is 1.70. The van der Waals surface area contributed by atoms with Crippen LogP contribution in [-0.4, -0.2) is 14.8 Å². The molecular formula is C11H14N4S. The summed E-state index contributed by atoms with van der Waals surface area (Å²) in [6, 6.07) is 6.24. The van der Waals surface area contributed by atoms with Crippen LogP contribution < -0.4 is 5.73 Å². The lowest BCUT2D eigenvalue weighted by molar-refractivity contribution is 0.788. The van der Waals surface area contributed by atoms with Gasteiger partial charge in [0, 0.05) is 18.5 Å². The molecule has 84 valence electrons. The van der Waals surface area contributed by atoms with E-state index in [9.17, 15) is 0 Å². The molecule has 0 aliphatic heterocycles. The summed E-state index contributed by atoms with van der Waals surface area (Å²) in [4.78, 5) is 1.19. The van der Waals surface area contributed by atoms with Crippen molar-refractivity contribution in [3.05, 3.63) is 35.7 Å². The molecule has 0 aliphatic rings. The summed E-state index contributed by atoms with van der Waals surface area (Å²) in [5.74, 6) is 0. The molecule has 2 rings (SSSR count). The van der Waals surface area contributed by atoms with Crippen molar-refractivity contribution in [1.82, 2.24) is 14.8 Å². The predicted octanol–water partition coefficient (Wildman–Crippen LogP) is 1.73. The predicted molar refractivity (Wildman–Crippen MR) is 64.2 cm³/mol. The van der Waals surface area contributed by atoms with Gasteiger partial charge < -0.3 is 10.3 Å². The van der Waals surface area contributed by atoms with Crippen molar-refractivity contribution in [3.8, 4) is 0 Å². The molecule has 0 bridgehead atoms. The molecule has 1 aromatic carbocycles. The zero-order valence-electron chi connectivity index (χ0n) is 9.34. The van der Waals surface area contributed by atoms with Gasteiger partial charge in [-0.3, -0.25) is 0 Å². The van der Waals surface area contributed by atoms with Crippen molar-refractivity contribution in [3.63, 3.8) is 0 Å². The highest BCUT2D eigenvalue weighted by Gasteiger charge is 2.06. The summed E-state index contributed by atoms with van der Waals surface area (Å²) in [6.45, 7) is 2.66. The normalized spacial score (nSPS) is 10.7. The Morgan fingerprint density at radius 2 is 2.25 bits per heavy atom. The Kier molecular flexibility index (Phi) is 3.26. The molecule has 1 heterocycles. The maximum absolute atomic E-state index is 5.60. The van der Waals surface area contributed by atoms with E-state index >= 15 is 0 Å². The molecule has 0 spiro atoms. The lowest BCUT2D eigenvalue weighted by Gasteiger charge is -2.06. The topological polar surface area (TPSA) is 56.7 Å². The zero-order chi connectivity index (χ0) is 11.5. The number of hydrogen-bond acceptors (Lipinski definition) is 4. The first-order valence-electron chi connectivity index (χ1n) is 5.02. The Morgan fingerprint density at radius 1 is 1.44 bits per heavy atom. The molecule has 0 amide bonds. The van der Waals surface area contributed by atoms with E-state index in [1.54, 1.807) is 18.1 Å². The molecule has 4 nitrogen and oxygen atoms in total. The van der Waals surface area contributed by atoms with Crippen molar-refractivity contribution in [2.24, 2.45) is 12.8 Å². The van der Waals surface area contributed by atoms with Crippen LogP contribution >= 0.6 is 11.8 Å². The minimum absolute atomic E-state index is 0.579. The van der Waals surface area contributed by atoms with Crippen molar-refractivity contribution < 1.29 is 0 Å². The number of nitrogens with two attached hydrogens (primary N) is 1. The third-order valence-electron chi connectivity index (χ3n) is 2.35. The molecule has 2 aromatic rings. The Morgan fingerprint density at radius 3 is 2.81 bits per heavy atom. The standard InChI is InChI=1S/C11H14N4S/c1-8-5-9(6-12)3-4-10(8)16-11-14-13-7-15(11)2/h3-5,7H,6,12H2,1-2H3. The van der Waals surface area contributed by atoms with Gasteiger partial charge in [-0.05, 0) is 35.9 Å². The second-order valence-electron chi connectivity index (χ2n) is 3.63. The number of aryl methyl sites for hydroxylation is 2.